The summed E-state index contributed by atoms with van der Waals surface area (Å²) in [5.41, 5.74) is 0. The lowest BCUT2D eigenvalue weighted by molar-refractivity contribution is 0.416. The third kappa shape index (κ3) is 3.07. The summed E-state index contributed by atoms with van der Waals surface area (Å²) in [7, 11) is -3.55. The fraction of sp³-hybridized carbons (Fsp3) is 0.615. The van der Waals surface area contributed by atoms with Crippen molar-refractivity contribution in [2.24, 2.45) is 0 Å². The van der Waals surface area contributed by atoms with Gasteiger partial charge in [0.15, 0.2) is 15.8 Å². The van der Waals surface area contributed by atoms with Crippen molar-refractivity contribution < 1.29 is 8.42 Å². The molecule has 21 heavy (non-hydrogen) atoms. The summed E-state index contributed by atoms with van der Waals surface area (Å²) in [6, 6.07) is 0. The molecule has 0 radical (unpaired) electrons. The van der Waals surface area contributed by atoms with Crippen LogP contribution in [0, 0.1) is 0 Å². The second-order valence-corrected chi connectivity index (χ2v) is 7.43. The summed E-state index contributed by atoms with van der Waals surface area (Å²) in [5.74, 6) is 0.444. The highest BCUT2D eigenvalue weighted by atomic mass is 32.2. The molecule has 2 rings (SSSR count). The maximum Gasteiger partial charge on any atom is 0.262 e. The number of aromatic nitrogens is 2. The molecule has 0 atom stereocenters. The first-order valence-electron chi connectivity index (χ1n) is 7.25. The van der Waals surface area contributed by atoms with Gasteiger partial charge in [-0.2, -0.15) is 4.31 Å². The molecular formula is C13H22N4O2S2. The van der Waals surface area contributed by atoms with Crippen molar-refractivity contribution in [3.05, 3.63) is 11.6 Å². The molecule has 0 aliphatic heterocycles. The lowest BCUT2D eigenvalue weighted by Gasteiger charge is -2.20. The van der Waals surface area contributed by atoms with Gasteiger partial charge in [0.25, 0.3) is 10.0 Å². The van der Waals surface area contributed by atoms with Gasteiger partial charge < -0.3 is 5.32 Å². The standard InChI is InChI=1S/C13H22N4O2S2/c1-4-7-8-16(6-3)21(18,19)12-11(14-5-2)15-13-17(12)9-10-20-13/h9-10,14H,4-8H2,1-3H3. The van der Waals surface area contributed by atoms with E-state index in [1.807, 2.05) is 19.2 Å². The van der Waals surface area contributed by atoms with Crippen LogP contribution < -0.4 is 5.32 Å². The Morgan fingerprint density at radius 2 is 2.14 bits per heavy atom. The first-order chi connectivity index (χ1) is 10.1. The third-order valence-corrected chi connectivity index (χ3v) is 6.02. The van der Waals surface area contributed by atoms with Gasteiger partial charge in [0.2, 0.25) is 0 Å². The number of imidazole rings is 1. The summed E-state index contributed by atoms with van der Waals surface area (Å²) in [4.78, 5) is 5.08. The first kappa shape index (κ1) is 16.3. The van der Waals surface area contributed by atoms with E-state index in [1.54, 1.807) is 10.6 Å². The number of unbranched alkanes of at least 4 members (excludes halogenated alkanes) is 1. The van der Waals surface area contributed by atoms with E-state index in [1.165, 1.54) is 15.6 Å². The van der Waals surface area contributed by atoms with E-state index in [2.05, 4.69) is 17.2 Å². The Hall–Kier alpha value is -1.12. The van der Waals surface area contributed by atoms with Crippen LogP contribution in [0.15, 0.2) is 16.6 Å². The van der Waals surface area contributed by atoms with Gasteiger partial charge in [-0.1, -0.05) is 20.3 Å². The smallest absolute Gasteiger partial charge is 0.262 e. The van der Waals surface area contributed by atoms with E-state index >= 15 is 0 Å². The molecule has 0 unspecified atom stereocenters. The average molecular weight is 330 g/mol. The number of hydrogen-bond donors (Lipinski definition) is 1. The minimum Gasteiger partial charge on any atom is -0.368 e. The number of anilines is 1. The quantitative estimate of drug-likeness (QED) is 0.808. The Morgan fingerprint density at radius 1 is 1.38 bits per heavy atom. The van der Waals surface area contributed by atoms with Gasteiger partial charge in [0, 0.05) is 31.2 Å². The molecule has 0 bridgehead atoms. The Labute approximate surface area is 129 Å². The number of thiazole rings is 1. The van der Waals surface area contributed by atoms with Crippen molar-refractivity contribution >= 4 is 32.1 Å². The number of fused-ring (bicyclic) bond motifs is 1. The molecule has 0 spiro atoms. The number of nitrogens with zero attached hydrogens (tertiary/aromatic N) is 3. The average Bonchev–Trinajstić information content (AvgIpc) is 2.99. The van der Waals surface area contributed by atoms with Crippen LogP contribution in [0.1, 0.15) is 33.6 Å². The van der Waals surface area contributed by atoms with Gasteiger partial charge in [0.05, 0.1) is 0 Å². The maximum absolute atomic E-state index is 13.0. The van der Waals surface area contributed by atoms with Crippen molar-refractivity contribution in [1.82, 2.24) is 13.7 Å². The fourth-order valence-electron chi connectivity index (χ4n) is 2.20. The van der Waals surface area contributed by atoms with Crippen LogP contribution in [-0.2, 0) is 10.0 Å². The van der Waals surface area contributed by atoms with E-state index in [9.17, 15) is 8.42 Å². The van der Waals surface area contributed by atoms with Gasteiger partial charge in [-0.05, 0) is 13.3 Å². The van der Waals surface area contributed by atoms with Crippen LogP contribution in [0.25, 0.3) is 4.96 Å². The SMILES string of the molecule is CCCCN(CC)S(=O)(=O)c1c(NCC)nc2sccn12. The molecule has 0 saturated heterocycles. The molecule has 2 aromatic heterocycles. The van der Waals surface area contributed by atoms with E-state index in [-0.39, 0.29) is 5.03 Å². The molecule has 0 aromatic carbocycles. The highest BCUT2D eigenvalue weighted by Crippen LogP contribution is 2.28. The Kier molecular flexibility index (Phi) is 5.23. The lowest BCUT2D eigenvalue weighted by Crippen LogP contribution is -2.33. The highest BCUT2D eigenvalue weighted by Gasteiger charge is 2.30. The van der Waals surface area contributed by atoms with Gasteiger partial charge in [-0.15, -0.1) is 11.3 Å². The minimum atomic E-state index is -3.55. The van der Waals surface area contributed by atoms with Crippen LogP contribution >= 0.6 is 11.3 Å². The van der Waals surface area contributed by atoms with Crippen LogP contribution in [-0.4, -0.2) is 41.7 Å². The second kappa shape index (κ2) is 6.76. The molecule has 2 aromatic rings. The normalized spacial score (nSPS) is 12.4. The van der Waals surface area contributed by atoms with Crippen molar-refractivity contribution in [2.45, 2.75) is 38.6 Å². The summed E-state index contributed by atoms with van der Waals surface area (Å²) in [5, 5.41) is 5.16. The molecule has 118 valence electrons. The Bertz CT molecular complexity index is 690. The molecule has 8 heteroatoms. The van der Waals surface area contributed by atoms with Crippen molar-refractivity contribution in [2.75, 3.05) is 25.0 Å². The summed E-state index contributed by atoms with van der Waals surface area (Å²) >= 11 is 1.43. The number of sulfonamides is 1. The molecule has 6 nitrogen and oxygen atoms in total. The first-order valence-corrected chi connectivity index (χ1v) is 9.57. The van der Waals surface area contributed by atoms with Crippen LogP contribution in [0.2, 0.25) is 0 Å². The molecule has 0 amide bonds. The summed E-state index contributed by atoms with van der Waals surface area (Å²) in [6.07, 6.45) is 3.58. The predicted octanol–water partition coefficient (Wildman–Crippen LogP) is 2.64. The van der Waals surface area contributed by atoms with Crippen LogP contribution in [0.3, 0.4) is 0 Å². The van der Waals surface area contributed by atoms with Gasteiger partial charge in [-0.25, -0.2) is 13.4 Å². The molecule has 0 aliphatic carbocycles. The van der Waals surface area contributed by atoms with Crippen LogP contribution in [0.5, 0.6) is 0 Å². The second-order valence-electron chi connectivity index (χ2n) is 4.70. The topological polar surface area (TPSA) is 66.7 Å². The third-order valence-electron chi connectivity index (χ3n) is 3.26. The van der Waals surface area contributed by atoms with E-state index in [0.29, 0.717) is 30.4 Å². The molecular weight excluding hydrogens is 308 g/mol. The predicted molar refractivity (Wildman–Crippen MR) is 86.6 cm³/mol. The van der Waals surface area contributed by atoms with E-state index in [4.69, 9.17) is 0 Å². The number of nitrogens with one attached hydrogen (secondary N) is 1. The summed E-state index contributed by atoms with van der Waals surface area (Å²) in [6.45, 7) is 7.49. The highest BCUT2D eigenvalue weighted by molar-refractivity contribution is 7.89. The molecule has 0 aliphatic rings. The zero-order valence-corrected chi connectivity index (χ0v) is 14.3. The Balaban J connectivity index is 2.51. The fourth-order valence-corrected chi connectivity index (χ4v) is 4.68. The number of rotatable bonds is 8. The van der Waals surface area contributed by atoms with Gasteiger partial charge >= 0.3 is 0 Å². The van der Waals surface area contributed by atoms with E-state index in [0.717, 1.165) is 12.8 Å². The summed E-state index contributed by atoms with van der Waals surface area (Å²) < 4.78 is 29.1. The van der Waals surface area contributed by atoms with Crippen molar-refractivity contribution in [3.63, 3.8) is 0 Å². The number of hydrogen-bond acceptors (Lipinski definition) is 5. The van der Waals surface area contributed by atoms with Crippen molar-refractivity contribution in [1.29, 1.82) is 0 Å². The van der Waals surface area contributed by atoms with Crippen molar-refractivity contribution in [3.8, 4) is 0 Å². The molecule has 0 fully saturated rings. The largest absolute Gasteiger partial charge is 0.368 e. The van der Waals surface area contributed by atoms with Gasteiger partial charge in [0.1, 0.15) is 0 Å². The maximum atomic E-state index is 13.0. The minimum absolute atomic E-state index is 0.249. The monoisotopic (exact) mass is 330 g/mol. The lowest BCUT2D eigenvalue weighted by atomic mass is 10.3. The molecule has 0 saturated carbocycles. The van der Waals surface area contributed by atoms with Gasteiger partial charge in [-0.3, -0.25) is 4.40 Å². The van der Waals surface area contributed by atoms with Crippen LogP contribution in [0.4, 0.5) is 5.82 Å². The molecule has 1 N–H and O–H groups in total. The molecule has 2 heterocycles. The zero-order chi connectivity index (χ0) is 15.5. The zero-order valence-electron chi connectivity index (χ0n) is 12.7. The van der Waals surface area contributed by atoms with E-state index < -0.39 is 10.0 Å². The Morgan fingerprint density at radius 3 is 2.76 bits per heavy atom.